The van der Waals surface area contributed by atoms with E-state index in [2.05, 4.69) is 26.6 Å². The van der Waals surface area contributed by atoms with E-state index >= 15 is 0 Å². The molecule has 0 aliphatic heterocycles. The predicted molar refractivity (Wildman–Crippen MR) is 73.0 cm³/mol. The highest BCUT2D eigenvalue weighted by Gasteiger charge is 2.12. The van der Waals surface area contributed by atoms with E-state index in [1.165, 1.54) is 6.92 Å². The molecule has 18 heavy (non-hydrogen) atoms. The summed E-state index contributed by atoms with van der Waals surface area (Å²) in [5.74, 6) is -1.59. The molecule has 0 heterocycles. The van der Waals surface area contributed by atoms with Crippen molar-refractivity contribution >= 4 is 45.2 Å². The molecular formula is C11H12BrClN2O3. The van der Waals surface area contributed by atoms with Crippen molar-refractivity contribution in [2.45, 2.75) is 6.92 Å². The maximum absolute atomic E-state index is 11.5. The number of carboxylic acids is 1. The third-order valence-corrected chi connectivity index (χ3v) is 3.06. The average Bonchev–Trinajstić information content (AvgIpc) is 2.29. The van der Waals surface area contributed by atoms with Crippen LogP contribution in [0.4, 0.5) is 10.5 Å². The second kappa shape index (κ2) is 6.61. The average molecular weight is 336 g/mol. The van der Waals surface area contributed by atoms with Crippen molar-refractivity contribution in [2.24, 2.45) is 5.92 Å². The number of hydrogen-bond donors (Lipinski definition) is 3. The highest BCUT2D eigenvalue weighted by molar-refractivity contribution is 9.10. The number of carboxylic acid groups (broad SMARTS) is 1. The Balaban J connectivity index is 2.52. The van der Waals surface area contributed by atoms with Gasteiger partial charge in [-0.2, -0.15) is 0 Å². The van der Waals surface area contributed by atoms with E-state index in [4.69, 9.17) is 16.7 Å². The first-order chi connectivity index (χ1) is 8.40. The highest BCUT2D eigenvalue weighted by atomic mass is 79.9. The van der Waals surface area contributed by atoms with Gasteiger partial charge in [0.2, 0.25) is 0 Å². The first-order valence-electron chi connectivity index (χ1n) is 5.13. The fourth-order valence-corrected chi connectivity index (χ4v) is 1.87. The van der Waals surface area contributed by atoms with Crippen LogP contribution >= 0.6 is 27.5 Å². The van der Waals surface area contributed by atoms with E-state index in [0.29, 0.717) is 15.2 Å². The van der Waals surface area contributed by atoms with Crippen LogP contribution in [0.5, 0.6) is 0 Å². The Morgan fingerprint density at radius 1 is 1.50 bits per heavy atom. The molecular weight excluding hydrogens is 323 g/mol. The molecule has 0 aromatic heterocycles. The molecule has 7 heteroatoms. The molecule has 0 radical (unpaired) electrons. The fraction of sp³-hybridized carbons (Fsp3) is 0.273. The second-order valence-corrected chi connectivity index (χ2v) is 4.99. The molecule has 0 saturated heterocycles. The van der Waals surface area contributed by atoms with Crippen molar-refractivity contribution in [3.05, 3.63) is 27.7 Å². The lowest BCUT2D eigenvalue weighted by Crippen LogP contribution is -2.34. The van der Waals surface area contributed by atoms with E-state index in [1.807, 2.05) is 0 Å². The Morgan fingerprint density at radius 3 is 2.72 bits per heavy atom. The Bertz CT molecular complexity index is 468. The molecule has 5 nitrogen and oxygen atoms in total. The molecule has 1 unspecified atom stereocenters. The Kier molecular flexibility index (Phi) is 5.43. The Morgan fingerprint density at radius 2 is 2.17 bits per heavy atom. The van der Waals surface area contributed by atoms with Gasteiger partial charge in [-0.05, 0) is 34.1 Å². The first kappa shape index (κ1) is 14.8. The molecule has 0 aliphatic carbocycles. The van der Waals surface area contributed by atoms with Gasteiger partial charge in [0.25, 0.3) is 0 Å². The second-order valence-electron chi connectivity index (χ2n) is 3.70. The number of nitrogens with one attached hydrogen (secondary N) is 2. The molecule has 3 N–H and O–H groups in total. The van der Waals surface area contributed by atoms with Crippen molar-refractivity contribution in [1.29, 1.82) is 0 Å². The summed E-state index contributed by atoms with van der Waals surface area (Å²) in [6, 6.07) is 4.47. The molecule has 0 fully saturated rings. The standard InChI is InChI=1S/C11H12BrClN2O3/c1-6(10(16)17)5-14-11(18)15-9-3-2-7(13)4-8(9)12/h2-4,6H,5H2,1H3,(H,16,17)(H2,14,15,18). The van der Waals surface area contributed by atoms with Crippen molar-refractivity contribution in [3.63, 3.8) is 0 Å². The molecule has 1 aromatic carbocycles. The molecule has 0 aliphatic rings. The quantitative estimate of drug-likeness (QED) is 0.791. The lowest BCUT2D eigenvalue weighted by atomic mass is 10.2. The molecule has 1 rings (SSSR count). The normalized spacial score (nSPS) is 11.7. The summed E-state index contributed by atoms with van der Waals surface area (Å²) in [7, 11) is 0. The van der Waals surface area contributed by atoms with Gasteiger partial charge in [-0.1, -0.05) is 18.5 Å². The van der Waals surface area contributed by atoms with Crippen molar-refractivity contribution in [1.82, 2.24) is 5.32 Å². The summed E-state index contributed by atoms with van der Waals surface area (Å²) in [6.07, 6.45) is 0. The van der Waals surface area contributed by atoms with Crippen LogP contribution in [-0.2, 0) is 4.79 Å². The monoisotopic (exact) mass is 334 g/mol. The summed E-state index contributed by atoms with van der Waals surface area (Å²) in [6.45, 7) is 1.58. The lowest BCUT2D eigenvalue weighted by molar-refractivity contribution is -0.140. The summed E-state index contributed by atoms with van der Waals surface area (Å²) in [5, 5.41) is 14.3. The third kappa shape index (κ3) is 4.54. The van der Waals surface area contributed by atoms with Crippen LogP contribution < -0.4 is 10.6 Å². The van der Waals surface area contributed by atoms with E-state index in [1.54, 1.807) is 18.2 Å². The number of rotatable bonds is 4. The Labute approximate surface area is 118 Å². The maximum Gasteiger partial charge on any atom is 0.319 e. The van der Waals surface area contributed by atoms with Crippen LogP contribution in [0.15, 0.2) is 22.7 Å². The van der Waals surface area contributed by atoms with Crippen LogP contribution in [0.3, 0.4) is 0 Å². The van der Waals surface area contributed by atoms with Crippen molar-refractivity contribution < 1.29 is 14.7 Å². The smallest absolute Gasteiger partial charge is 0.319 e. The van der Waals surface area contributed by atoms with Crippen LogP contribution in [-0.4, -0.2) is 23.7 Å². The minimum atomic E-state index is -0.956. The summed E-state index contributed by atoms with van der Waals surface area (Å²) in [5.41, 5.74) is 0.555. The predicted octanol–water partition coefficient (Wildman–Crippen LogP) is 2.94. The first-order valence-corrected chi connectivity index (χ1v) is 6.30. The van der Waals surface area contributed by atoms with Gasteiger partial charge in [0.05, 0.1) is 11.6 Å². The van der Waals surface area contributed by atoms with Gasteiger partial charge in [0.15, 0.2) is 0 Å². The van der Waals surface area contributed by atoms with Gasteiger partial charge < -0.3 is 15.7 Å². The number of urea groups is 1. The molecule has 98 valence electrons. The zero-order chi connectivity index (χ0) is 13.7. The fourth-order valence-electron chi connectivity index (χ4n) is 1.09. The topological polar surface area (TPSA) is 78.4 Å². The van der Waals surface area contributed by atoms with Crippen LogP contribution in [0.2, 0.25) is 5.02 Å². The van der Waals surface area contributed by atoms with Crippen molar-refractivity contribution in [3.8, 4) is 0 Å². The summed E-state index contributed by atoms with van der Waals surface area (Å²) in [4.78, 5) is 22.1. The van der Waals surface area contributed by atoms with Gasteiger partial charge in [0, 0.05) is 16.0 Å². The number of aliphatic carboxylic acids is 1. The third-order valence-electron chi connectivity index (χ3n) is 2.17. The number of benzene rings is 1. The molecule has 1 atom stereocenters. The van der Waals surface area contributed by atoms with E-state index < -0.39 is 17.9 Å². The molecule has 0 spiro atoms. The molecule has 0 saturated carbocycles. The van der Waals surface area contributed by atoms with Crippen LogP contribution in [0.1, 0.15) is 6.92 Å². The van der Waals surface area contributed by atoms with Gasteiger partial charge in [-0.25, -0.2) is 4.79 Å². The van der Waals surface area contributed by atoms with E-state index in [0.717, 1.165) is 0 Å². The zero-order valence-electron chi connectivity index (χ0n) is 9.54. The SMILES string of the molecule is CC(CNC(=O)Nc1ccc(Cl)cc1Br)C(=O)O. The van der Waals surface area contributed by atoms with Gasteiger partial charge in [-0.15, -0.1) is 0 Å². The highest BCUT2D eigenvalue weighted by Crippen LogP contribution is 2.25. The molecule has 0 bridgehead atoms. The Hall–Kier alpha value is -1.27. The molecule has 1 aromatic rings. The number of hydrogen-bond acceptors (Lipinski definition) is 2. The van der Waals surface area contributed by atoms with Gasteiger partial charge in [0.1, 0.15) is 0 Å². The minimum absolute atomic E-state index is 0.0619. The molecule has 2 amide bonds. The lowest BCUT2D eigenvalue weighted by Gasteiger charge is -2.11. The van der Waals surface area contributed by atoms with E-state index in [-0.39, 0.29) is 6.54 Å². The van der Waals surface area contributed by atoms with Gasteiger partial charge >= 0.3 is 12.0 Å². The van der Waals surface area contributed by atoms with Crippen molar-refractivity contribution in [2.75, 3.05) is 11.9 Å². The van der Waals surface area contributed by atoms with Crippen LogP contribution in [0.25, 0.3) is 0 Å². The summed E-state index contributed by atoms with van der Waals surface area (Å²) < 4.78 is 0.649. The number of anilines is 1. The number of amides is 2. The minimum Gasteiger partial charge on any atom is -0.481 e. The number of carbonyl (C=O) groups is 2. The maximum atomic E-state index is 11.5. The largest absolute Gasteiger partial charge is 0.481 e. The zero-order valence-corrected chi connectivity index (χ0v) is 11.9. The number of halogens is 2. The van der Waals surface area contributed by atoms with E-state index in [9.17, 15) is 9.59 Å². The summed E-state index contributed by atoms with van der Waals surface area (Å²) >= 11 is 9.03. The van der Waals surface area contributed by atoms with Crippen LogP contribution in [0, 0.1) is 5.92 Å². The number of carbonyl (C=O) groups excluding carboxylic acids is 1. The van der Waals surface area contributed by atoms with Gasteiger partial charge in [-0.3, -0.25) is 4.79 Å².